The van der Waals surface area contributed by atoms with E-state index in [0.717, 1.165) is 30.8 Å². The van der Waals surface area contributed by atoms with Crippen molar-refractivity contribution in [3.05, 3.63) is 22.1 Å². The number of hydrogen-bond donors (Lipinski definition) is 3. The van der Waals surface area contributed by atoms with Crippen molar-refractivity contribution in [1.82, 2.24) is 15.3 Å². The summed E-state index contributed by atoms with van der Waals surface area (Å²) in [5.41, 5.74) is 0.749. The van der Waals surface area contributed by atoms with Crippen LogP contribution in [0.25, 0.3) is 0 Å². The Hall–Kier alpha value is -0.850. The first kappa shape index (κ1) is 16.2. The van der Waals surface area contributed by atoms with Crippen LogP contribution in [0.1, 0.15) is 32.4 Å². The highest BCUT2D eigenvalue weighted by Crippen LogP contribution is 2.14. The molecule has 5 nitrogen and oxygen atoms in total. The van der Waals surface area contributed by atoms with Crippen LogP contribution >= 0.6 is 11.8 Å². The molecule has 0 aliphatic carbocycles. The number of aryl methyl sites for hydroxylation is 1. The minimum atomic E-state index is -0.0943. The van der Waals surface area contributed by atoms with Crippen LogP contribution in [-0.4, -0.2) is 40.0 Å². The van der Waals surface area contributed by atoms with Gasteiger partial charge in [-0.1, -0.05) is 32.0 Å². The third-order valence-corrected chi connectivity index (χ3v) is 3.71. The maximum absolute atomic E-state index is 11.5. The molecule has 1 atom stereocenters. The summed E-state index contributed by atoms with van der Waals surface area (Å²) in [6, 6.07) is 1.79. The molecule has 0 bridgehead atoms. The monoisotopic (exact) mass is 285 g/mol. The molecule has 0 aliphatic rings. The number of aliphatic hydroxyl groups is 1. The van der Waals surface area contributed by atoms with E-state index in [1.807, 2.05) is 6.92 Å². The second kappa shape index (κ2) is 9.12. The Morgan fingerprint density at radius 1 is 1.53 bits per heavy atom. The van der Waals surface area contributed by atoms with Crippen LogP contribution in [-0.2, 0) is 6.42 Å². The van der Waals surface area contributed by atoms with Crippen molar-refractivity contribution in [3.63, 3.8) is 0 Å². The molecule has 1 heterocycles. The maximum Gasteiger partial charge on any atom is 0.251 e. The first-order valence-corrected chi connectivity index (χ1v) is 7.75. The molecule has 108 valence electrons. The average Bonchev–Trinajstić information content (AvgIpc) is 2.36. The molecule has 1 rings (SSSR count). The van der Waals surface area contributed by atoms with Crippen molar-refractivity contribution in [2.24, 2.45) is 0 Å². The predicted octanol–water partition coefficient (Wildman–Crippen LogP) is 1.18. The highest BCUT2D eigenvalue weighted by atomic mass is 32.2. The van der Waals surface area contributed by atoms with Crippen molar-refractivity contribution < 1.29 is 5.11 Å². The van der Waals surface area contributed by atoms with Crippen LogP contribution < -0.4 is 10.9 Å². The zero-order chi connectivity index (χ0) is 14.1. The van der Waals surface area contributed by atoms with E-state index in [4.69, 9.17) is 5.11 Å². The minimum Gasteiger partial charge on any atom is -0.396 e. The lowest BCUT2D eigenvalue weighted by molar-refractivity contribution is 0.271. The van der Waals surface area contributed by atoms with Gasteiger partial charge in [0.05, 0.1) is 0 Å². The molecule has 1 unspecified atom stereocenters. The normalized spacial score (nSPS) is 12.6. The van der Waals surface area contributed by atoms with E-state index < -0.39 is 0 Å². The molecule has 0 aliphatic heterocycles. The standard InChI is InChI=1S/C13H23N3O2S/c1-3-5-10-8-12(18)16-13(15-10)19-9-11(6-7-17)14-4-2/h8,11,14,17H,3-7,9H2,1-2H3,(H,15,16,18). The zero-order valence-corrected chi connectivity index (χ0v) is 12.4. The van der Waals surface area contributed by atoms with E-state index in [9.17, 15) is 4.79 Å². The number of rotatable bonds is 9. The van der Waals surface area contributed by atoms with Gasteiger partial charge in [-0.3, -0.25) is 4.79 Å². The zero-order valence-electron chi connectivity index (χ0n) is 11.6. The Morgan fingerprint density at radius 3 is 2.95 bits per heavy atom. The summed E-state index contributed by atoms with van der Waals surface area (Å²) < 4.78 is 0. The van der Waals surface area contributed by atoms with Gasteiger partial charge in [-0.15, -0.1) is 0 Å². The van der Waals surface area contributed by atoms with Gasteiger partial charge in [-0.05, 0) is 19.4 Å². The third-order valence-electron chi connectivity index (χ3n) is 2.67. The van der Waals surface area contributed by atoms with Crippen molar-refractivity contribution in [3.8, 4) is 0 Å². The van der Waals surface area contributed by atoms with Gasteiger partial charge in [0.1, 0.15) is 0 Å². The fourth-order valence-corrected chi connectivity index (χ4v) is 2.80. The summed E-state index contributed by atoms with van der Waals surface area (Å²) in [6.45, 7) is 5.14. The van der Waals surface area contributed by atoms with Gasteiger partial charge in [-0.2, -0.15) is 0 Å². The number of aliphatic hydroxyl groups excluding tert-OH is 1. The molecule has 0 spiro atoms. The van der Waals surface area contributed by atoms with Crippen LogP contribution in [0.15, 0.2) is 16.0 Å². The number of aromatic nitrogens is 2. The Labute approximate surface area is 118 Å². The van der Waals surface area contributed by atoms with E-state index >= 15 is 0 Å². The van der Waals surface area contributed by atoms with Gasteiger partial charge < -0.3 is 15.4 Å². The minimum absolute atomic E-state index is 0.0943. The first-order chi connectivity index (χ1) is 9.19. The SMILES string of the molecule is CCCc1cc(=O)[nH]c(SCC(CCO)NCC)n1. The topological polar surface area (TPSA) is 78.0 Å². The molecule has 0 saturated carbocycles. The summed E-state index contributed by atoms with van der Waals surface area (Å²) in [5.74, 6) is 0.785. The second-order valence-corrected chi connectivity index (χ2v) is 5.38. The maximum atomic E-state index is 11.5. The molecule has 0 amide bonds. The van der Waals surface area contributed by atoms with Gasteiger partial charge >= 0.3 is 0 Å². The van der Waals surface area contributed by atoms with E-state index in [1.165, 1.54) is 11.8 Å². The molecule has 6 heteroatoms. The molecule has 0 fully saturated rings. The molecule has 0 saturated heterocycles. The van der Waals surface area contributed by atoms with Gasteiger partial charge in [0, 0.05) is 30.2 Å². The van der Waals surface area contributed by atoms with E-state index in [2.05, 4.69) is 22.2 Å². The highest BCUT2D eigenvalue weighted by Gasteiger charge is 2.09. The Balaban J connectivity index is 2.62. The second-order valence-electron chi connectivity index (χ2n) is 4.37. The lowest BCUT2D eigenvalue weighted by Crippen LogP contribution is -2.32. The number of nitrogens with one attached hydrogen (secondary N) is 2. The fraction of sp³-hybridized carbons (Fsp3) is 0.692. The smallest absolute Gasteiger partial charge is 0.251 e. The number of hydrogen-bond acceptors (Lipinski definition) is 5. The fourth-order valence-electron chi connectivity index (χ4n) is 1.80. The van der Waals surface area contributed by atoms with Crippen molar-refractivity contribution in [2.75, 3.05) is 18.9 Å². The summed E-state index contributed by atoms with van der Waals surface area (Å²) in [7, 11) is 0. The molecule has 3 N–H and O–H groups in total. The van der Waals surface area contributed by atoms with E-state index in [0.29, 0.717) is 11.6 Å². The van der Waals surface area contributed by atoms with Gasteiger partial charge in [-0.25, -0.2) is 4.98 Å². The first-order valence-electron chi connectivity index (χ1n) is 6.76. The molecule has 0 aromatic carbocycles. The molecule has 1 aromatic rings. The predicted molar refractivity (Wildman–Crippen MR) is 78.7 cm³/mol. The van der Waals surface area contributed by atoms with Gasteiger partial charge in [0.2, 0.25) is 0 Å². The average molecular weight is 285 g/mol. The molecular weight excluding hydrogens is 262 g/mol. The summed E-state index contributed by atoms with van der Waals surface area (Å²) in [4.78, 5) is 18.7. The van der Waals surface area contributed by atoms with Gasteiger partial charge in [0.15, 0.2) is 5.16 Å². The summed E-state index contributed by atoms with van der Waals surface area (Å²) in [6.07, 6.45) is 2.51. The molecule has 1 aromatic heterocycles. The number of nitrogens with zero attached hydrogens (tertiary/aromatic N) is 1. The van der Waals surface area contributed by atoms with Gasteiger partial charge in [0.25, 0.3) is 5.56 Å². The van der Waals surface area contributed by atoms with Crippen LogP contribution in [0, 0.1) is 0 Å². The quantitative estimate of drug-likeness (QED) is 0.469. The Bertz CT molecular complexity index is 417. The lowest BCUT2D eigenvalue weighted by Gasteiger charge is -2.15. The Kier molecular flexibility index (Phi) is 7.78. The van der Waals surface area contributed by atoms with Crippen molar-refractivity contribution in [1.29, 1.82) is 0 Å². The number of H-pyrrole nitrogens is 1. The summed E-state index contributed by atoms with van der Waals surface area (Å²) >= 11 is 1.52. The summed E-state index contributed by atoms with van der Waals surface area (Å²) in [5, 5.41) is 13.0. The molecule has 0 radical (unpaired) electrons. The van der Waals surface area contributed by atoms with Crippen LogP contribution in [0.2, 0.25) is 0 Å². The van der Waals surface area contributed by atoms with Crippen LogP contribution in [0.5, 0.6) is 0 Å². The third kappa shape index (κ3) is 6.22. The highest BCUT2D eigenvalue weighted by molar-refractivity contribution is 7.99. The largest absolute Gasteiger partial charge is 0.396 e. The molecular formula is C13H23N3O2S. The van der Waals surface area contributed by atoms with Crippen molar-refractivity contribution in [2.45, 2.75) is 44.3 Å². The number of thioether (sulfide) groups is 1. The van der Waals surface area contributed by atoms with E-state index in [1.54, 1.807) is 6.07 Å². The van der Waals surface area contributed by atoms with Crippen LogP contribution in [0.3, 0.4) is 0 Å². The van der Waals surface area contributed by atoms with E-state index in [-0.39, 0.29) is 18.2 Å². The van der Waals surface area contributed by atoms with Crippen LogP contribution in [0.4, 0.5) is 0 Å². The number of aromatic amines is 1. The Morgan fingerprint density at radius 2 is 2.32 bits per heavy atom. The van der Waals surface area contributed by atoms with Crippen molar-refractivity contribution >= 4 is 11.8 Å². The molecule has 19 heavy (non-hydrogen) atoms. The lowest BCUT2D eigenvalue weighted by atomic mass is 10.2.